The van der Waals surface area contributed by atoms with Crippen LogP contribution in [0.4, 0.5) is 13.2 Å². The summed E-state index contributed by atoms with van der Waals surface area (Å²) in [4.78, 5) is 68.8. The van der Waals surface area contributed by atoms with E-state index in [0.717, 1.165) is 87.3 Å². The summed E-state index contributed by atoms with van der Waals surface area (Å²) in [6.07, 6.45) is 7.18. The maximum atomic E-state index is 11.6. The molecule has 0 amide bonds. The van der Waals surface area contributed by atoms with Crippen molar-refractivity contribution in [2.24, 2.45) is 11.5 Å². The summed E-state index contributed by atoms with van der Waals surface area (Å²) < 4.78 is 175. The lowest BCUT2D eigenvalue weighted by Gasteiger charge is -2.46. The minimum atomic E-state index is -5.84. The quantitative estimate of drug-likeness (QED) is 0.00744. The van der Waals surface area contributed by atoms with Gasteiger partial charge in [0.1, 0.15) is 0 Å². The number of rotatable bonds is 46. The highest BCUT2D eigenvalue weighted by molar-refractivity contribution is 7.86. The number of hydrogen-bond donors (Lipinski definition) is 3. The van der Waals surface area contributed by atoms with Crippen LogP contribution in [-0.2, 0) is 125 Å². The molecule has 0 aromatic heterocycles. The molecule has 2 aliphatic heterocycles. The first-order valence-corrected chi connectivity index (χ1v) is 90.8. The van der Waals surface area contributed by atoms with Gasteiger partial charge in [-0.3, -0.25) is 4.55 Å². The molecule has 52 heteroatoms. The minimum Gasteiger partial charge on any atom is -0.462 e. The van der Waals surface area contributed by atoms with Crippen molar-refractivity contribution < 1.29 is 141 Å². The van der Waals surface area contributed by atoms with Crippen molar-refractivity contribution in [2.45, 2.75) is 318 Å². The van der Waals surface area contributed by atoms with Crippen molar-refractivity contribution >= 4 is 194 Å². The number of alkyl halides is 3. The monoisotopic (exact) mass is 2150 g/mol. The number of carbonyl (C=O) groups excluding carboxylic acids is 6. The molecule has 0 aromatic rings. The number of esters is 6. The van der Waals surface area contributed by atoms with Gasteiger partial charge in [-0.1, -0.05) is 45.5 Å². The molecule has 5 N–H and O–H groups in total. The van der Waals surface area contributed by atoms with Gasteiger partial charge < -0.3 is 97.5 Å². The summed E-state index contributed by atoms with van der Waals surface area (Å²) >= 11 is 0. The van der Waals surface area contributed by atoms with E-state index in [1.54, 1.807) is 47.6 Å². The zero-order valence-corrected chi connectivity index (χ0v) is 104. The molecule has 0 spiro atoms. The summed E-state index contributed by atoms with van der Waals surface area (Å²) in [5.41, 5.74) is 7.67. The van der Waals surface area contributed by atoms with Crippen molar-refractivity contribution in [1.82, 2.24) is 0 Å². The molecular formula is C77H171F3N2O29SSi17. The Kier molecular flexibility index (Phi) is 66.4. The Morgan fingerprint density at radius 1 is 0.388 bits per heavy atom. The number of ether oxygens (including phenoxy) is 6. The van der Waals surface area contributed by atoms with Crippen molar-refractivity contribution in [3.05, 3.63) is 85.6 Å². The zero-order chi connectivity index (χ0) is 102. The van der Waals surface area contributed by atoms with Crippen LogP contribution in [0, 0.1) is 0 Å². The molecule has 1 atom stereocenters. The molecular weight excluding hydrogens is 1980 g/mol. The lowest BCUT2D eigenvalue weighted by Crippen LogP contribution is -2.64. The van der Waals surface area contributed by atoms with Crippen LogP contribution in [0.15, 0.2) is 85.6 Å². The normalized spacial score (nSPS) is 17.8. The second kappa shape index (κ2) is 63.4. The lowest BCUT2D eigenvalue weighted by atomic mass is 10.4. The third-order valence-corrected chi connectivity index (χ3v) is 80.0. The molecule has 0 aromatic carbocycles. The molecule has 0 radical (unpaired) electrons. The average molecular weight is 2160 g/mol. The Morgan fingerprint density at radius 3 is 0.767 bits per heavy atom. The van der Waals surface area contributed by atoms with Crippen LogP contribution in [0.3, 0.4) is 0 Å². The minimum absolute atomic E-state index is 0.334. The summed E-state index contributed by atoms with van der Waals surface area (Å²) in [6, 6.07) is 6.27. The van der Waals surface area contributed by atoms with E-state index in [4.69, 9.17) is 110 Å². The van der Waals surface area contributed by atoms with Gasteiger partial charge in [-0.2, -0.15) is 21.6 Å². The highest BCUT2D eigenvalue weighted by Gasteiger charge is 2.51. The summed E-state index contributed by atoms with van der Waals surface area (Å²) in [7, 11) is -38.2. The Morgan fingerprint density at radius 2 is 0.581 bits per heavy atom. The molecule has 31 nitrogen and oxygen atoms in total. The first kappa shape index (κ1) is 135. The Hall–Kier alpha value is -2.25. The van der Waals surface area contributed by atoms with Gasteiger partial charge >= 0.3 is 103 Å². The third-order valence-electron chi connectivity index (χ3n) is 16.8. The van der Waals surface area contributed by atoms with Crippen LogP contribution in [-0.4, -0.2) is 255 Å². The summed E-state index contributed by atoms with van der Waals surface area (Å²) in [5.74, 6) is -2.06. The lowest BCUT2D eigenvalue weighted by molar-refractivity contribution is -0.139. The van der Waals surface area contributed by atoms with E-state index in [1.165, 1.54) is 0 Å². The fraction of sp³-hybridized carbons (Fsp3) is 0.740. The Labute approximate surface area is 796 Å². The van der Waals surface area contributed by atoms with Gasteiger partial charge in [-0.15, -0.1) is 6.58 Å². The fourth-order valence-corrected chi connectivity index (χ4v) is 85.2. The molecule has 2 rings (SSSR count). The van der Waals surface area contributed by atoms with E-state index in [-0.39, 0.29) is 35.8 Å². The third kappa shape index (κ3) is 76.4. The first-order valence-electron chi connectivity index (χ1n) is 43.6. The molecule has 1 unspecified atom stereocenters. The van der Waals surface area contributed by atoms with Gasteiger partial charge in [0.25, 0.3) is 46.4 Å². The molecule has 2 aliphatic rings. The molecule has 0 aliphatic carbocycles. The fourth-order valence-electron chi connectivity index (χ4n) is 12.7. The molecule has 0 bridgehead atoms. The van der Waals surface area contributed by atoms with E-state index in [1.807, 2.05) is 26.2 Å². The van der Waals surface area contributed by atoms with Gasteiger partial charge in [0, 0.05) is 40.0 Å². The van der Waals surface area contributed by atoms with E-state index in [2.05, 4.69) is 203 Å². The van der Waals surface area contributed by atoms with Crippen LogP contribution in [0.1, 0.15) is 86.5 Å². The molecule has 2 heterocycles. The van der Waals surface area contributed by atoms with Gasteiger partial charge in [0.2, 0.25) is 0 Å². The van der Waals surface area contributed by atoms with Crippen molar-refractivity contribution in [1.29, 1.82) is 0 Å². The molecule has 129 heavy (non-hydrogen) atoms. The van der Waals surface area contributed by atoms with E-state index < -0.39 is 163 Å². The Bertz CT molecular complexity index is 3390. The van der Waals surface area contributed by atoms with Crippen LogP contribution in [0.5, 0.6) is 0 Å². The van der Waals surface area contributed by atoms with E-state index in [9.17, 15) is 41.9 Å². The largest absolute Gasteiger partial charge is 0.522 e. The Balaban J connectivity index is -0.000000494. The summed E-state index contributed by atoms with van der Waals surface area (Å²) in [5, 5.41) is 0. The smallest absolute Gasteiger partial charge is 0.462 e. The first-order chi connectivity index (χ1) is 58.0. The maximum Gasteiger partial charge on any atom is 0.522 e. The highest BCUT2D eigenvalue weighted by Crippen LogP contribution is 2.33. The average Bonchev–Trinajstić information content (AvgIpc) is 0.785. The summed E-state index contributed by atoms with van der Waals surface area (Å²) in [6.45, 7) is 97.5. The van der Waals surface area contributed by atoms with Crippen molar-refractivity contribution in [3.63, 3.8) is 0 Å². The number of hydrogen-bond acceptors (Lipinski definition) is 30. The number of carbonyl (C=O) groups is 6. The van der Waals surface area contributed by atoms with Gasteiger partial charge in [-0.05, 0) is 319 Å². The maximum absolute atomic E-state index is 11.6. The van der Waals surface area contributed by atoms with Crippen molar-refractivity contribution in [2.75, 3.05) is 52.7 Å². The van der Waals surface area contributed by atoms with Crippen LogP contribution < -0.4 is 11.5 Å². The number of halogens is 3. The highest BCUT2D eigenvalue weighted by atomic mass is 32.2. The number of nitrogens with two attached hydrogens (primary N) is 2. The molecule has 0 saturated carbocycles. The van der Waals surface area contributed by atoms with Crippen molar-refractivity contribution in [3.8, 4) is 0 Å². The predicted molar refractivity (Wildman–Crippen MR) is 551 cm³/mol. The van der Waals surface area contributed by atoms with Crippen LogP contribution in [0.25, 0.3) is 0 Å². The van der Waals surface area contributed by atoms with Gasteiger partial charge in [0.15, 0.2) is 49.9 Å². The van der Waals surface area contributed by atoms with Gasteiger partial charge in [0.05, 0.1) is 39.6 Å². The molecule has 758 valence electrons. The zero-order valence-electron chi connectivity index (χ0n) is 85.0. The topological polar surface area (TPSA) is 393 Å². The molecule has 2 saturated heterocycles. The van der Waals surface area contributed by atoms with Crippen LogP contribution in [0.2, 0.25) is 226 Å². The van der Waals surface area contributed by atoms with E-state index >= 15 is 0 Å². The van der Waals surface area contributed by atoms with Crippen LogP contribution >= 0.6 is 0 Å². The van der Waals surface area contributed by atoms with Gasteiger partial charge in [-0.25, -0.2) is 28.8 Å². The second-order valence-electron chi connectivity index (χ2n) is 37.6. The molecule has 2 fully saturated rings. The predicted octanol–water partition coefficient (Wildman–Crippen LogP) is 17.2. The SMILES string of the molecule is C=C(C)C(=O)OCCC[Si](C)(C)O[SiH](C)O[Si](C)(C)O[Si](C)(C)CCCOC(=O)C(=C)C.C=C(C)C(=O)OCCC[Si](C)(C)O[Si](C)(C)CCCOC(=O)C(=C)C.C=C(C)C(=O)OCCC[Si](C)(C)O[Si](C)(CCCN)O[Si](C)(C)CCCOC(=O)C(=C)C.C=CCN.C[SiH]1O[SiH](C)O[SiH](C)O[SiH](C)O1.C[Si]1(C)O[Si](C)(C)O[Si](C)(C)O[Si](C)(C)O1.O=S(=O)(O)C(F)(F)F. The second-order valence-corrected chi connectivity index (χ2v) is 98.3. The van der Waals surface area contributed by atoms with E-state index in [0.29, 0.717) is 86.2 Å². The standard InChI is InChI=1S/C22H45NO6Si3.C21H44O7Si4.C18H34O5Si2.C8H24O4Si4.C4H16O4Si4.C3H7N.CHF3O3S/c1-19(2)21(24)26-14-11-16-30(5,6)28-32(9,18-10-13-23)29-31(7,8)17-12-15-27-22(25)20(3)4;1-18(2)20(22)24-14-12-16-30(6,7)26-29(5)27-32(10,11)28-31(8,9)17-13-15-25-21(23)19(3)4;1-15(2)17(19)21-11-9-13-24(5,6)23-25(7,8)14-10-12-22-18(20)16(3)4;1-13(2)9-14(3,4)11-16(7,8)12-15(5,6)10-13;1-9-5-10(2)7-12(4)8-11(3)6-9;1-2-3-4;2-1(3,4)8(5,6)7/h1,3,10-18,23H2,2,4-9H3;29H,1,3,12-17H2,2,4-11H3;1,3,9-14H2,2,4-8H3;1-8H3;9-12H,1-4H3;2H,1,3-4H2;(H,5,6,7).